The van der Waals surface area contributed by atoms with Crippen LogP contribution in [0.25, 0.3) is 0 Å². The highest BCUT2D eigenvalue weighted by atomic mass is 35.5. The molecular weight excluding hydrogens is 335 g/mol. The summed E-state index contributed by atoms with van der Waals surface area (Å²) < 4.78 is 40.0. The lowest BCUT2D eigenvalue weighted by atomic mass is 10.2. The average Bonchev–Trinajstić information content (AvgIpc) is 2.40. The maximum atomic E-state index is 13.5. The van der Waals surface area contributed by atoms with Gasteiger partial charge in [0.15, 0.2) is 0 Å². The van der Waals surface area contributed by atoms with Crippen molar-refractivity contribution in [2.24, 2.45) is 5.73 Å². The van der Waals surface area contributed by atoms with Crippen molar-refractivity contribution in [1.29, 1.82) is 0 Å². The van der Waals surface area contributed by atoms with E-state index in [4.69, 9.17) is 29.6 Å². The molecule has 0 saturated heterocycles. The molecule has 0 radical (unpaired) electrons. The Bertz CT molecular complexity index is 810. The van der Waals surface area contributed by atoms with Gasteiger partial charge in [-0.2, -0.15) is 0 Å². The monoisotopic (exact) mass is 344 g/mol. The van der Waals surface area contributed by atoms with E-state index in [1.807, 2.05) is 0 Å². The first-order valence-electron chi connectivity index (χ1n) is 5.68. The minimum Gasteiger partial charge on any atom is -0.389 e. The lowest BCUT2D eigenvalue weighted by Crippen LogP contribution is -2.15. The van der Waals surface area contributed by atoms with Crippen molar-refractivity contribution in [2.45, 2.75) is 4.90 Å². The fraction of sp³-hybridized carbons (Fsp3) is 0. The lowest BCUT2D eigenvalue weighted by Gasteiger charge is -2.10. The maximum Gasteiger partial charge on any atom is 0.262 e. The fourth-order valence-electron chi connectivity index (χ4n) is 1.61. The van der Waals surface area contributed by atoms with Crippen LogP contribution in [0.5, 0.6) is 0 Å². The number of hydrogen-bond acceptors (Lipinski definition) is 3. The van der Waals surface area contributed by atoms with E-state index in [2.05, 4.69) is 4.72 Å². The van der Waals surface area contributed by atoms with E-state index in [9.17, 15) is 12.8 Å². The summed E-state index contributed by atoms with van der Waals surface area (Å²) in [5, 5.41) is 0.110. The molecule has 0 heterocycles. The molecule has 4 nitrogen and oxygen atoms in total. The number of rotatable bonds is 4. The molecule has 0 fully saturated rings. The van der Waals surface area contributed by atoms with Crippen LogP contribution in [-0.4, -0.2) is 13.4 Å². The summed E-state index contributed by atoms with van der Waals surface area (Å²) in [6, 6.07) is 9.35. The molecule has 0 unspecified atom stereocenters. The Hall–Kier alpha value is -1.70. The largest absolute Gasteiger partial charge is 0.389 e. The predicted octanol–water partition coefficient (Wildman–Crippen LogP) is 2.91. The molecule has 0 aliphatic carbocycles. The molecule has 2 aromatic rings. The van der Waals surface area contributed by atoms with Gasteiger partial charge in [-0.25, -0.2) is 12.8 Å². The molecule has 21 heavy (non-hydrogen) atoms. The maximum absolute atomic E-state index is 13.5. The normalized spacial score (nSPS) is 11.1. The highest BCUT2D eigenvalue weighted by Gasteiger charge is 2.18. The van der Waals surface area contributed by atoms with E-state index in [-0.39, 0.29) is 20.6 Å². The molecule has 0 saturated carbocycles. The van der Waals surface area contributed by atoms with Gasteiger partial charge in [-0.15, -0.1) is 0 Å². The van der Waals surface area contributed by atoms with Gasteiger partial charge in [0, 0.05) is 5.56 Å². The number of nitrogens with two attached hydrogens (primary N) is 1. The second kappa shape index (κ2) is 5.97. The molecule has 0 spiro atoms. The van der Waals surface area contributed by atoms with E-state index in [1.54, 1.807) is 0 Å². The van der Waals surface area contributed by atoms with Crippen LogP contribution in [0.4, 0.5) is 10.1 Å². The van der Waals surface area contributed by atoms with E-state index in [1.165, 1.54) is 36.4 Å². The SMILES string of the molecule is NC(=S)c1ccc(S(=O)(=O)Nc2ccccc2F)cc1Cl. The molecular formula is C13H10ClFN2O2S2. The number of sulfonamides is 1. The molecule has 8 heteroatoms. The van der Waals surface area contributed by atoms with Crippen molar-refractivity contribution >= 4 is 44.5 Å². The summed E-state index contributed by atoms with van der Waals surface area (Å²) in [6.45, 7) is 0. The van der Waals surface area contributed by atoms with Gasteiger partial charge >= 0.3 is 0 Å². The number of halogens is 2. The number of para-hydroxylation sites is 1. The number of nitrogens with one attached hydrogen (secondary N) is 1. The van der Waals surface area contributed by atoms with Crippen LogP contribution in [0.15, 0.2) is 47.4 Å². The summed E-state index contributed by atoms with van der Waals surface area (Å²) in [6.07, 6.45) is 0. The number of benzene rings is 2. The predicted molar refractivity (Wildman–Crippen MR) is 84.5 cm³/mol. The standard InChI is InChI=1S/C13H10ClFN2O2S2/c14-10-7-8(5-6-9(10)13(16)20)21(18,19)17-12-4-2-1-3-11(12)15/h1-7,17H,(H2,16,20). The summed E-state index contributed by atoms with van der Waals surface area (Å²) in [5.41, 5.74) is 5.67. The minimum atomic E-state index is -3.96. The third-order valence-corrected chi connectivity index (χ3v) is 4.53. The summed E-state index contributed by atoms with van der Waals surface area (Å²) in [7, 11) is -3.96. The molecule has 2 aromatic carbocycles. The second-order valence-electron chi connectivity index (χ2n) is 4.09. The Morgan fingerprint density at radius 2 is 1.90 bits per heavy atom. The van der Waals surface area contributed by atoms with Crippen LogP contribution >= 0.6 is 23.8 Å². The van der Waals surface area contributed by atoms with Gasteiger partial charge in [0.1, 0.15) is 10.8 Å². The lowest BCUT2D eigenvalue weighted by molar-refractivity contribution is 0.598. The second-order valence-corrected chi connectivity index (χ2v) is 6.62. The molecule has 2 rings (SSSR count). The zero-order chi connectivity index (χ0) is 15.6. The molecule has 3 N–H and O–H groups in total. The van der Waals surface area contributed by atoms with Crippen LogP contribution in [0.3, 0.4) is 0 Å². The summed E-state index contributed by atoms with van der Waals surface area (Å²) >= 11 is 10.7. The van der Waals surface area contributed by atoms with E-state index in [0.29, 0.717) is 5.56 Å². The van der Waals surface area contributed by atoms with Crippen LogP contribution in [0, 0.1) is 5.82 Å². The van der Waals surface area contributed by atoms with Crippen molar-refractivity contribution < 1.29 is 12.8 Å². The van der Waals surface area contributed by atoms with Crippen molar-refractivity contribution in [3.8, 4) is 0 Å². The first kappa shape index (κ1) is 15.7. The highest BCUT2D eigenvalue weighted by molar-refractivity contribution is 7.92. The Balaban J connectivity index is 2.39. The van der Waals surface area contributed by atoms with Gasteiger partial charge in [-0.3, -0.25) is 4.72 Å². The van der Waals surface area contributed by atoms with Crippen LogP contribution in [-0.2, 0) is 10.0 Å². The molecule has 110 valence electrons. The Morgan fingerprint density at radius 3 is 2.48 bits per heavy atom. The number of thiocarbonyl (C=S) groups is 1. The summed E-state index contributed by atoms with van der Waals surface area (Å²) in [5.74, 6) is -0.674. The summed E-state index contributed by atoms with van der Waals surface area (Å²) in [4.78, 5) is -0.0539. The topological polar surface area (TPSA) is 72.2 Å². The third-order valence-electron chi connectivity index (χ3n) is 2.63. The zero-order valence-corrected chi connectivity index (χ0v) is 12.9. The van der Waals surface area contributed by atoms with Gasteiger partial charge in [0.25, 0.3) is 10.0 Å². The Kier molecular flexibility index (Phi) is 4.46. The number of anilines is 1. The third kappa shape index (κ3) is 3.49. The molecule has 0 atom stereocenters. The van der Waals surface area contributed by atoms with Gasteiger partial charge in [-0.05, 0) is 30.3 Å². The number of hydrogen-bond donors (Lipinski definition) is 2. The van der Waals surface area contributed by atoms with Crippen molar-refractivity contribution in [2.75, 3.05) is 4.72 Å². The first-order valence-corrected chi connectivity index (χ1v) is 7.95. The smallest absolute Gasteiger partial charge is 0.262 e. The van der Waals surface area contributed by atoms with E-state index in [0.717, 1.165) is 6.07 Å². The van der Waals surface area contributed by atoms with Gasteiger partial charge in [0.2, 0.25) is 0 Å². The van der Waals surface area contributed by atoms with E-state index >= 15 is 0 Å². The quantitative estimate of drug-likeness (QED) is 0.836. The van der Waals surface area contributed by atoms with Gasteiger partial charge < -0.3 is 5.73 Å². The average molecular weight is 345 g/mol. The van der Waals surface area contributed by atoms with Crippen molar-refractivity contribution in [1.82, 2.24) is 0 Å². The van der Waals surface area contributed by atoms with Crippen molar-refractivity contribution in [3.63, 3.8) is 0 Å². The molecule has 0 amide bonds. The van der Waals surface area contributed by atoms with Crippen LogP contribution < -0.4 is 10.5 Å². The first-order chi connectivity index (χ1) is 9.81. The molecule has 0 bridgehead atoms. The highest BCUT2D eigenvalue weighted by Crippen LogP contribution is 2.23. The van der Waals surface area contributed by atoms with Gasteiger partial charge in [-0.1, -0.05) is 36.0 Å². The minimum absolute atomic E-state index is 0.0611. The van der Waals surface area contributed by atoms with Gasteiger partial charge in [0.05, 0.1) is 15.6 Å². The zero-order valence-electron chi connectivity index (χ0n) is 10.5. The van der Waals surface area contributed by atoms with Crippen LogP contribution in [0.1, 0.15) is 5.56 Å². The Labute approximate surface area is 131 Å². The molecule has 0 aliphatic heterocycles. The fourth-order valence-corrected chi connectivity index (χ4v) is 3.28. The van der Waals surface area contributed by atoms with Crippen molar-refractivity contribution in [3.05, 3.63) is 58.9 Å². The molecule has 0 aromatic heterocycles. The van der Waals surface area contributed by atoms with Crippen LogP contribution in [0.2, 0.25) is 5.02 Å². The Morgan fingerprint density at radius 1 is 1.24 bits per heavy atom. The van der Waals surface area contributed by atoms with E-state index < -0.39 is 15.8 Å². The molecule has 0 aliphatic rings.